The van der Waals surface area contributed by atoms with Gasteiger partial charge >= 0.3 is 0 Å². The zero-order valence-corrected chi connectivity index (χ0v) is 27.3. The van der Waals surface area contributed by atoms with Gasteiger partial charge < -0.3 is 20.3 Å². The normalized spacial score (nSPS) is 22.3. The van der Waals surface area contributed by atoms with Gasteiger partial charge in [-0.25, -0.2) is 4.99 Å². The molecule has 1 saturated carbocycles. The Morgan fingerprint density at radius 2 is 1.69 bits per heavy atom. The van der Waals surface area contributed by atoms with Crippen LogP contribution in [0.2, 0.25) is 0 Å². The standard InChI is InChI=1S/C36H47N5O4/c1-23-18-24(2)38-36(44)33(23)21-37-35(43)32-19-29(28-8-6-27(7-9-28)22-41-14-16-45-17-15-41)20-34(25(32)3)40(5)31-12-10-30(11-13-31)39-26(4)42/h6-9,18-20,30-31,33H,10-17,21-22H2,1-5H3,(H,37,43)(H,39,42). The van der Waals surface area contributed by atoms with E-state index < -0.39 is 5.92 Å². The average molecular weight is 614 g/mol. The summed E-state index contributed by atoms with van der Waals surface area (Å²) in [6, 6.07) is 13.3. The molecule has 3 amide bonds. The molecular formula is C36H47N5O4. The Labute approximate surface area is 267 Å². The van der Waals surface area contributed by atoms with Gasteiger partial charge in [-0.15, -0.1) is 0 Å². The van der Waals surface area contributed by atoms with Gasteiger partial charge in [0, 0.05) is 69.2 Å². The van der Waals surface area contributed by atoms with Crippen molar-refractivity contribution in [2.45, 2.75) is 72.0 Å². The molecule has 2 fully saturated rings. The summed E-state index contributed by atoms with van der Waals surface area (Å²) in [5.74, 6) is -0.856. The minimum Gasteiger partial charge on any atom is -0.379 e. The van der Waals surface area contributed by atoms with Gasteiger partial charge in [0.1, 0.15) is 0 Å². The van der Waals surface area contributed by atoms with Gasteiger partial charge in [-0.2, -0.15) is 0 Å². The Morgan fingerprint density at radius 3 is 2.33 bits per heavy atom. The third kappa shape index (κ3) is 8.07. The number of aliphatic imine (C=N–C) groups is 1. The predicted octanol–water partition coefficient (Wildman–Crippen LogP) is 4.67. The van der Waals surface area contributed by atoms with Crippen molar-refractivity contribution < 1.29 is 19.1 Å². The van der Waals surface area contributed by atoms with Crippen LogP contribution in [-0.4, -0.2) is 80.3 Å². The topological polar surface area (TPSA) is 103 Å². The third-order valence-electron chi connectivity index (χ3n) is 9.49. The number of nitrogens with one attached hydrogen (secondary N) is 2. The maximum atomic E-state index is 13.8. The number of benzene rings is 2. The van der Waals surface area contributed by atoms with Crippen LogP contribution in [0.4, 0.5) is 5.69 Å². The molecule has 240 valence electrons. The monoisotopic (exact) mass is 613 g/mol. The molecule has 1 atom stereocenters. The van der Waals surface area contributed by atoms with E-state index in [1.807, 2.05) is 32.9 Å². The maximum Gasteiger partial charge on any atom is 0.254 e. The van der Waals surface area contributed by atoms with Crippen molar-refractivity contribution in [3.8, 4) is 11.1 Å². The predicted molar refractivity (Wildman–Crippen MR) is 179 cm³/mol. The van der Waals surface area contributed by atoms with Crippen LogP contribution in [0.15, 0.2) is 53.0 Å². The molecule has 2 aliphatic heterocycles. The quantitative estimate of drug-likeness (QED) is 0.426. The van der Waals surface area contributed by atoms with Crippen LogP contribution in [0.1, 0.15) is 67.9 Å². The van der Waals surface area contributed by atoms with Crippen molar-refractivity contribution in [3.05, 3.63) is 64.7 Å². The molecule has 0 bridgehead atoms. The highest BCUT2D eigenvalue weighted by molar-refractivity contribution is 6.06. The van der Waals surface area contributed by atoms with Crippen molar-refractivity contribution >= 4 is 29.1 Å². The average Bonchev–Trinajstić information content (AvgIpc) is 3.01. The van der Waals surface area contributed by atoms with E-state index in [4.69, 9.17) is 4.74 Å². The first-order valence-corrected chi connectivity index (χ1v) is 16.2. The van der Waals surface area contributed by atoms with Gasteiger partial charge in [0.25, 0.3) is 11.8 Å². The second-order valence-electron chi connectivity index (χ2n) is 12.8. The second-order valence-corrected chi connectivity index (χ2v) is 12.8. The van der Waals surface area contributed by atoms with E-state index in [0.717, 1.165) is 86.5 Å². The lowest BCUT2D eigenvalue weighted by atomic mass is 9.89. The van der Waals surface area contributed by atoms with Crippen LogP contribution >= 0.6 is 0 Å². The summed E-state index contributed by atoms with van der Waals surface area (Å²) in [5, 5.41) is 6.12. The molecule has 2 heterocycles. The molecule has 2 N–H and O–H groups in total. The van der Waals surface area contributed by atoms with E-state index in [9.17, 15) is 14.4 Å². The van der Waals surface area contributed by atoms with E-state index in [2.05, 4.69) is 62.8 Å². The molecule has 3 aliphatic rings. The first-order valence-electron chi connectivity index (χ1n) is 16.2. The van der Waals surface area contributed by atoms with Crippen molar-refractivity contribution in [1.82, 2.24) is 15.5 Å². The van der Waals surface area contributed by atoms with Gasteiger partial charge in [0.05, 0.1) is 19.1 Å². The number of carbonyl (C=O) groups excluding carboxylic acids is 3. The van der Waals surface area contributed by atoms with Gasteiger partial charge in [0.15, 0.2) is 0 Å². The van der Waals surface area contributed by atoms with Crippen LogP contribution in [0, 0.1) is 12.8 Å². The zero-order chi connectivity index (χ0) is 32.1. The van der Waals surface area contributed by atoms with Crippen molar-refractivity contribution in [2.24, 2.45) is 10.9 Å². The lowest BCUT2D eigenvalue weighted by Crippen LogP contribution is -2.42. The van der Waals surface area contributed by atoms with E-state index >= 15 is 0 Å². The number of amides is 3. The lowest BCUT2D eigenvalue weighted by Gasteiger charge is -2.37. The second kappa shape index (κ2) is 14.5. The van der Waals surface area contributed by atoms with E-state index in [1.165, 1.54) is 5.56 Å². The number of hydrogen-bond donors (Lipinski definition) is 2. The molecule has 0 aromatic heterocycles. The lowest BCUT2D eigenvalue weighted by molar-refractivity contribution is -0.121. The highest BCUT2D eigenvalue weighted by Crippen LogP contribution is 2.35. The molecule has 0 spiro atoms. The largest absolute Gasteiger partial charge is 0.379 e. The number of anilines is 1. The summed E-state index contributed by atoms with van der Waals surface area (Å²) in [5.41, 5.74) is 7.39. The van der Waals surface area contributed by atoms with Crippen LogP contribution in [0.25, 0.3) is 11.1 Å². The number of ether oxygens (including phenoxy) is 1. The molecule has 1 unspecified atom stereocenters. The fourth-order valence-electron chi connectivity index (χ4n) is 6.83. The molecule has 9 heteroatoms. The summed E-state index contributed by atoms with van der Waals surface area (Å²) >= 11 is 0. The number of dihydropyridines is 1. The molecule has 9 nitrogen and oxygen atoms in total. The molecular weight excluding hydrogens is 566 g/mol. The summed E-state index contributed by atoms with van der Waals surface area (Å²) in [4.78, 5) is 46.8. The number of hydrogen-bond acceptors (Lipinski definition) is 6. The number of morpholine rings is 1. The third-order valence-corrected chi connectivity index (χ3v) is 9.49. The van der Waals surface area contributed by atoms with Gasteiger partial charge in [-0.05, 0) is 86.9 Å². The Kier molecular flexibility index (Phi) is 10.5. The van der Waals surface area contributed by atoms with Crippen LogP contribution in [-0.2, 0) is 20.9 Å². The summed E-state index contributed by atoms with van der Waals surface area (Å²) in [6.45, 7) is 11.8. The van der Waals surface area contributed by atoms with E-state index in [0.29, 0.717) is 17.3 Å². The van der Waals surface area contributed by atoms with Gasteiger partial charge in [-0.3, -0.25) is 19.3 Å². The number of nitrogens with zero attached hydrogens (tertiary/aromatic N) is 3. The Bertz CT molecular complexity index is 1470. The Morgan fingerprint density at radius 1 is 1.00 bits per heavy atom. The Hall–Kier alpha value is -3.82. The molecule has 1 saturated heterocycles. The first-order chi connectivity index (χ1) is 21.6. The van der Waals surface area contributed by atoms with Crippen LogP contribution in [0.3, 0.4) is 0 Å². The van der Waals surface area contributed by atoms with Gasteiger partial charge in [-0.1, -0.05) is 29.8 Å². The van der Waals surface area contributed by atoms with Gasteiger partial charge in [0.2, 0.25) is 5.91 Å². The van der Waals surface area contributed by atoms with Crippen molar-refractivity contribution in [3.63, 3.8) is 0 Å². The fourth-order valence-corrected chi connectivity index (χ4v) is 6.83. The minimum atomic E-state index is -0.457. The Balaban J connectivity index is 1.40. The first kappa shape index (κ1) is 32.6. The smallest absolute Gasteiger partial charge is 0.254 e. The summed E-state index contributed by atoms with van der Waals surface area (Å²) < 4.78 is 5.50. The van der Waals surface area contributed by atoms with Crippen LogP contribution < -0.4 is 15.5 Å². The SMILES string of the molecule is CC(=O)NC1CCC(N(C)c2cc(-c3ccc(CN4CCOCC4)cc3)cc(C(=O)NCC3C(=O)N=C(C)C=C3C)c2C)CC1. The molecule has 1 aliphatic carbocycles. The van der Waals surface area contributed by atoms with Crippen LogP contribution in [0.5, 0.6) is 0 Å². The molecule has 0 radical (unpaired) electrons. The fraction of sp³-hybridized carbons (Fsp3) is 0.500. The highest BCUT2D eigenvalue weighted by atomic mass is 16.5. The van der Waals surface area contributed by atoms with Crippen molar-refractivity contribution in [1.29, 1.82) is 0 Å². The van der Waals surface area contributed by atoms with Crippen molar-refractivity contribution in [2.75, 3.05) is 44.8 Å². The molecule has 45 heavy (non-hydrogen) atoms. The van der Waals surface area contributed by atoms with E-state index in [-0.39, 0.29) is 30.3 Å². The number of allylic oxidation sites excluding steroid dienone is 1. The zero-order valence-electron chi connectivity index (χ0n) is 27.3. The highest BCUT2D eigenvalue weighted by Gasteiger charge is 2.28. The molecule has 5 rings (SSSR count). The number of rotatable bonds is 9. The summed E-state index contributed by atoms with van der Waals surface area (Å²) in [6.07, 6.45) is 5.67. The minimum absolute atomic E-state index is 0.0181. The maximum absolute atomic E-state index is 13.8. The number of carbonyl (C=O) groups is 3. The molecule has 2 aromatic rings. The van der Waals surface area contributed by atoms with E-state index in [1.54, 1.807) is 6.92 Å². The summed E-state index contributed by atoms with van der Waals surface area (Å²) in [7, 11) is 2.11. The molecule has 2 aromatic carbocycles.